The van der Waals surface area contributed by atoms with E-state index in [-0.39, 0.29) is 29.5 Å². The number of benzene rings is 1. The SMILES string of the molecule is CCNC(=NCc1ccc(CN2CCCC2)cc1)NCC(C)(C)N1CCOCC1.I. The molecule has 0 atom stereocenters. The Morgan fingerprint density at radius 3 is 2.27 bits per heavy atom. The third kappa shape index (κ3) is 7.98. The van der Waals surface area contributed by atoms with Crippen molar-refractivity contribution in [2.45, 2.75) is 52.2 Å². The van der Waals surface area contributed by atoms with E-state index in [1.165, 1.54) is 37.1 Å². The first-order valence-electron chi connectivity index (χ1n) is 11.2. The van der Waals surface area contributed by atoms with Gasteiger partial charge in [0.05, 0.1) is 19.8 Å². The molecule has 2 aliphatic heterocycles. The highest BCUT2D eigenvalue weighted by atomic mass is 127. The Morgan fingerprint density at radius 2 is 1.63 bits per heavy atom. The topological polar surface area (TPSA) is 52.1 Å². The lowest BCUT2D eigenvalue weighted by Crippen LogP contribution is -2.56. The van der Waals surface area contributed by atoms with Crippen LogP contribution in [0.2, 0.25) is 0 Å². The summed E-state index contributed by atoms with van der Waals surface area (Å²) in [5.41, 5.74) is 2.72. The number of ether oxygens (including phenoxy) is 1. The zero-order valence-corrected chi connectivity index (χ0v) is 21.3. The van der Waals surface area contributed by atoms with E-state index in [9.17, 15) is 0 Å². The number of aliphatic imine (C=N–C) groups is 1. The number of hydrogen-bond acceptors (Lipinski definition) is 4. The molecule has 0 spiro atoms. The van der Waals surface area contributed by atoms with Gasteiger partial charge in [-0.3, -0.25) is 9.80 Å². The molecule has 0 unspecified atom stereocenters. The van der Waals surface area contributed by atoms with Gasteiger partial charge in [-0.2, -0.15) is 0 Å². The summed E-state index contributed by atoms with van der Waals surface area (Å²) in [6.45, 7) is 16.3. The Bertz CT molecular complexity index is 637. The van der Waals surface area contributed by atoms with Gasteiger partial charge in [0, 0.05) is 38.3 Å². The molecule has 0 saturated carbocycles. The predicted molar refractivity (Wildman–Crippen MR) is 136 cm³/mol. The fraction of sp³-hybridized carbons (Fsp3) is 0.696. The minimum absolute atomic E-state index is 0. The number of nitrogens with zero attached hydrogens (tertiary/aromatic N) is 3. The lowest BCUT2D eigenvalue weighted by atomic mass is 10.0. The van der Waals surface area contributed by atoms with Gasteiger partial charge in [0.15, 0.2) is 5.96 Å². The van der Waals surface area contributed by atoms with Crippen molar-refractivity contribution in [1.82, 2.24) is 20.4 Å². The number of morpholine rings is 1. The van der Waals surface area contributed by atoms with Crippen molar-refractivity contribution in [3.63, 3.8) is 0 Å². The van der Waals surface area contributed by atoms with Gasteiger partial charge in [-0.15, -0.1) is 24.0 Å². The van der Waals surface area contributed by atoms with Gasteiger partial charge in [0.25, 0.3) is 0 Å². The van der Waals surface area contributed by atoms with Gasteiger partial charge >= 0.3 is 0 Å². The molecule has 1 aromatic rings. The fourth-order valence-corrected chi connectivity index (χ4v) is 4.04. The van der Waals surface area contributed by atoms with E-state index in [2.05, 4.69) is 65.5 Å². The molecule has 2 heterocycles. The van der Waals surface area contributed by atoms with Gasteiger partial charge in [0.2, 0.25) is 0 Å². The van der Waals surface area contributed by atoms with Gasteiger partial charge in [-0.1, -0.05) is 24.3 Å². The van der Waals surface area contributed by atoms with Crippen LogP contribution in [0.25, 0.3) is 0 Å². The summed E-state index contributed by atoms with van der Waals surface area (Å²) in [6, 6.07) is 8.95. The van der Waals surface area contributed by atoms with E-state index in [1.54, 1.807) is 0 Å². The van der Waals surface area contributed by atoms with E-state index in [1.807, 2.05) is 0 Å². The number of guanidine groups is 1. The van der Waals surface area contributed by atoms with Gasteiger partial charge in [-0.25, -0.2) is 4.99 Å². The molecule has 2 fully saturated rings. The number of hydrogen-bond donors (Lipinski definition) is 2. The normalized spacial score (nSPS) is 18.8. The summed E-state index contributed by atoms with van der Waals surface area (Å²) in [6.07, 6.45) is 2.69. The molecule has 30 heavy (non-hydrogen) atoms. The molecule has 2 saturated heterocycles. The summed E-state index contributed by atoms with van der Waals surface area (Å²) >= 11 is 0. The molecule has 0 aliphatic carbocycles. The van der Waals surface area contributed by atoms with E-state index < -0.39 is 0 Å². The first-order chi connectivity index (χ1) is 14.1. The van der Waals surface area contributed by atoms with Crippen LogP contribution < -0.4 is 10.6 Å². The molecular formula is C23H40IN5O. The zero-order valence-electron chi connectivity index (χ0n) is 19.0. The summed E-state index contributed by atoms with van der Waals surface area (Å²) in [5, 5.41) is 6.91. The van der Waals surface area contributed by atoms with E-state index in [0.717, 1.165) is 51.9 Å². The van der Waals surface area contributed by atoms with Crippen LogP contribution in [0, 0.1) is 0 Å². The van der Waals surface area contributed by atoms with E-state index >= 15 is 0 Å². The van der Waals surface area contributed by atoms with Crippen LogP contribution in [0.5, 0.6) is 0 Å². The Labute approximate surface area is 199 Å². The maximum Gasteiger partial charge on any atom is 0.191 e. The molecule has 1 aromatic carbocycles. The number of halogens is 1. The fourth-order valence-electron chi connectivity index (χ4n) is 4.04. The van der Waals surface area contributed by atoms with Crippen LogP contribution in [-0.4, -0.2) is 73.8 Å². The minimum atomic E-state index is 0. The maximum absolute atomic E-state index is 5.49. The second-order valence-electron chi connectivity index (χ2n) is 8.76. The zero-order chi connectivity index (χ0) is 20.5. The molecule has 0 bridgehead atoms. The van der Waals surface area contributed by atoms with E-state index in [0.29, 0.717) is 6.54 Å². The highest BCUT2D eigenvalue weighted by Crippen LogP contribution is 2.15. The predicted octanol–water partition coefficient (Wildman–Crippen LogP) is 3.07. The van der Waals surface area contributed by atoms with Crippen LogP contribution in [0.15, 0.2) is 29.3 Å². The van der Waals surface area contributed by atoms with Crippen LogP contribution in [0.3, 0.4) is 0 Å². The van der Waals surface area contributed by atoms with Crippen LogP contribution in [0.1, 0.15) is 44.7 Å². The second-order valence-corrected chi connectivity index (χ2v) is 8.76. The molecule has 3 rings (SSSR count). The standard InChI is InChI=1S/C23H39N5O.HI/c1-4-24-22(26-19-23(2,3)28-13-15-29-16-14-28)25-17-20-7-9-21(10-8-20)18-27-11-5-6-12-27;/h7-10H,4-6,11-19H2,1-3H3,(H2,24,25,26);1H. The molecule has 7 heteroatoms. The highest BCUT2D eigenvalue weighted by Gasteiger charge is 2.28. The summed E-state index contributed by atoms with van der Waals surface area (Å²) in [7, 11) is 0. The Morgan fingerprint density at radius 1 is 1.00 bits per heavy atom. The van der Waals surface area contributed by atoms with Crippen molar-refractivity contribution in [2.75, 3.05) is 52.5 Å². The quantitative estimate of drug-likeness (QED) is 0.308. The van der Waals surface area contributed by atoms with Crippen molar-refractivity contribution in [1.29, 1.82) is 0 Å². The van der Waals surface area contributed by atoms with Crippen LogP contribution >= 0.6 is 24.0 Å². The average Bonchev–Trinajstić information content (AvgIpc) is 3.25. The van der Waals surface area contributed by atoms with Crippen molar-refractivity contribution < 1.29 is 4.74 Å². The first-order valence-corrected chi connectivity index (χ1v) is 11.2. The molecule has 2 N–H and O–H groups in total. The molecule has 6 nitrogen and oxygen atoms in total. The van der Waals surface area contributed by atoms with Gasteiger partial charge < -0.3 is 15.4 Å². The number of likely N-dealkylation sites (tertiary alicyclic amines) is 1. The highest BCUT2D eigenvalue weighted by molar-refractivity contribution is 14.0. The number of rotatable bonds is 8. The molecule has 2 aliphatic rings. The summed E-state index contributed by atoms with van der Waals surface area (Å²) in [5.74, 6) is 0.884. The monoisotopic (exact) mass is 529 g/mol. The molecule has 0 amide bonds. The maximum atomic E-state index is 5.49. The molecular weight excluding hydrogens is 489 g/mol. The lowest BCUT2D eigenvalue weighted by Gasteiger charge is -2.41. The third-order valence-corrected chi connectivity index (χ3v) is 5.95. The minimum Gasteiger partial charge on any atom is -0.379 e. The molecule has 0 radical (unpaired) electrons. The molecule has 170 valence electrons. The van der Waals surface area contributed by atoms with Crippen molar-refractivity contribution in [2.24, 2.45) is 4.99 Å². The van der Waals surface area contributed by atoms with Crippen molar-refractivity contribution >= 4 is 29.9 Å². The first kappa shape index (κ1) is 25.4. The second kappa shape index (κ2) is 12.8. The van der Waals surface area contributed by atoms with Crippen molar-refractivity contribution in [3.8, 4) is 0 Å². The number of nitrogens with one attached hydrogen (secondary N) is 2. The van der Waals surface area contributed by atoms with Gasteiger partial charge in [-0.05, 0) is 57.8 Å². The smallest absolute Gasteiger partial charge is 0.191 e. The largest absolute Gasteiger partial charge is 0.379 e. The lowest BCUT2D eigenvalue weighted by molar-refractivity contribution is -0.00834. The Balaban J connectivity index is 0.00000320. The van der Waals surface area contributed by atoms with Gasteiger partial charge in [0.1, 0.15) is 0 Å². The van der Waals surface area contributed by atoms with Crippen molar-refractivity contribution in [3.05, 3.63) is 35.4 Å². The van der Waals surface area contributed by atoms with E-state index in [4.69, 9.17) is 9.73 Å². The molecule has 0 aromatic heterocycles. The summed E-state index contributed by atoms with van der Waals surface area (Å²) in [4.78, 5) is 9.84. The Kier molecular flexibility index (Phi) is 10.8. The average molecular weight is 530 g/mol. The summed E-state index contributed by atoms with van der Waals surface area (Å²) < 4.78 is 5.49. The van der Waals surface area contributed by atoms with Crippen LogP contribution in [0.4, 0.5) is 0 Å². The van der Waals surface area contributed by atoms with Crippen LogP contribution in [-0.2, 0) is 17.8 Å². The third-order valence-electron chi connectivity index (χ3n) is 5.95. The Hall–Kier alpha value is -0.900.